The number of nitrogens with zero attached hydrogens (tertiary/aromatic N) is 3. The average molecular weight is 229 g/mol. The molecule has 6 heteroatoms. The molecule has 0 radical (unpaired) electrons. The summed E-state index contributed by atoms with van der Waals surface area (Å²) >= 11 is 0. The molecule has 1 fully saturated rings. The van der Waals surface area contributed by atoms with E-state index in [2.05, 4.69) is 0 Å². The van der Waals surface area contributed by atoms with Crippen LogP contribution in [-0.4, -0.2) is 78.6 Å². The third-order valence-electron chi connectivity index (χ3n) is 2.60. The summed E-state index contributed by atoms with van der Waals surface area (Å²) in [6.07, 6.45) is 0.826. The van der Waals surface area contributed by atoms with E-state index >= 15 is 0 Å². The van der Waals surface area contributed by atoms with E-state index in [1.807, 2.05) is 4.90 Å². The van der Waals surface area contributed by atoms with Gasteiger partial charge in [-0.3, -0.25) is 9.69 Å². The molecule has 0 aromatic carbocycles. The Morgan fingerprint density at radius 3 is 2.44 bits per heavy atom. The minimum Gasteiger partial charge on any atom is -0.480 e. The Balaban J connectivity index is 2.46. The van der Waals surface area contributed by atoms with Crippen LogP contribution in [0.4, 0.5) is 4.79 Å². The minimum atomic E-state index is -0.813. The van der Waals surface area contributed by atoms with Crippen molar-refractivity contribution in [2.45, 2.75) is 6.42 Å². The molecule has 1 heterocycles. The first-order valence-electron chi connectivity index (χ1n) is 5.41. The molecule has 1 aliphatic heterocycles. The molecule has 1 rings (SSSR count). The predicted octanol–water partition coefficient (Wildman–Crippen LogP) is -0.240. The molecule has 0 saturated carbocycles. The second-order valence-corrected chi connectivity index (χ2v) is 4.19. The molecule has 0 unspecified atom stereocenters. The van der Waals surface area contributed by atoms with E-state index in [0.717, 1.165) is 13.0 Å². The van der Waals surface area contributed by atoms with Crippen molar-refractivity contribution in [3.05, 3.63) is 0 Å². The lowest BCUT2D eigenvalue weighted by Crippen LogP contribution is -2.41. The van der Waals surface area contributed by atoms with E-state index in [0.29, 0.717) is 19.6 Å². The van der Waals surface area contributed by atoms with Crippen molar-refractivity contribution in [3.8, 4) is 0 Å². The first-order chi connectivity index (χ1) is 7.50. The maximum atomic E-state index is 11.7. The van der Waals surface area contributed by atoms with Crippen molar-refractivity contribution >= 4 is 12.0 Å². The van der Waals surface area contributed by atoms with Gasteiger partial charge in [-0.25, -0.2) is 4.79 Å². The molecule has 0 aromatic rings. The summed E-state index contributed by atoms with van der Waals surface area (Å²) in [4.78, 5) is 27.5. The topological polar surface area (TPSA) is 64.1 Å². The lowest BCUT2D eigenvalue weighted by atomic mass is 10.4. The standard InChI is InChI=1S/C10H19N3O3/c1-11(2)10(16)13-5-3-4-12(6-7-13)8-9(14)15/h3-8H2,1-2H3,(H,14,15). The van der Waals surface area contributed by atoms with Crippen LogP contribution in [0.15, 0.2) is 0 Å². The molecule has 0 spiro atoms. The van der Waals surface area contributed by atoms with E-state index in [9.17, 15) is 9.59 Å². The van der Waals surface area contributed by atoms with Crippen LogP contribution in [0.5, 0.6) is 0 Å². The average Bonchev–Trinajstić information content (AvgIpc) is 2.41. The number of carboxylic acids is 1. The Labute approximate surface area is 95.4 Å². The summed E-state index contributed by atoms with van der Waals surface area (Å²) in [6, 6.07) is -0.00262. The Hall–Kier alpha value is -1.30. The van der Waals surface area contributed by atoms with Crippen LogP contribution < -0.4 is 0 Å². The summed E-state index contributed by atoms with van der Waals surface area (Å²) in [5.41, 5.74) is 0. The summed E-state index contributed by atoms with van der Waals surface area (Å²) in [5, 5.41) is 8.69. The molecule has 1 N–H and O–H groups in total. The fraction of sp³-hybridized carbons (Fsp3) is 0.800. The smallest absolute Gasteiger partial charge is 0.319 e. The highest BCUT2D eigenvalue weighted by Crippen LogP contribution is 2.04. The highest BCUT2D eigenvalue weighted by Gasteiger charge is 2.20. The Morgan fingerprint density at radius 2 is 1.88 bits per heavy atom. The number of carbonyl (C=O) groups is 2. The molecule has 92 valence electrons. The van der Waals surface area contributed by atoms with Crippen LogP contribution in [0, 0.1) is 0 Å². The quantitative estimate of drug-likeness (QED) is 0.710. The molecule has 0 atom stereocenters. The summed E-state index contributed by atoms with van der Waals surface area (Å²) in [7, 11) is 3.45. The van der Waals surface area contributed by atoms with Crippen LogP contribution in [0.25, 0.3) is 0 Å². The first kappa shape index (κ1) is 12.8. The molecule has 6 nitrogen and oxygen atoms in total. The maximum Gasteiger partial charge on any atom is 0.319 e. The Morgan fingerprint density at radius 1 is 1.19 bits per heavy atom. The number of hydrogen-bond acceptors (Lipinski definition) is 3. The number of aliphatic carboxylic acids is 1. The van der Waals surface area contributed by atoms with E-state index < -0.39 is 5.97 Å². The molecule has 0 aliphatic carbocycles. The van der Waals surface area contributed by atoms with Crippen LogP contribution in [0.3, 0.4) is 0 Å². The van der Waals surface area contributed by atoms with E-state index in [1.54, 1.807) is 23.9 Å². The van der Waals surface area contributed by atoms with E-state index in [1.165, 1.54) is 0 Å². The van der Waals surface area contributed by atoms with Crippen LogP contribution in [0.1, 0.15) is 6.42 Å². The zero-order valence-electron chi connectivity index (χ0n) is 9.85. The largest absolute Gasteiger partial charge is 0.480 e. The molecule has 1 saturated heterocycles. The lowest BCUT2D eigenvalue weighted by Gasteiger charge is -2.24. The number of hydrogen-bond donors (Lipinski definition) is 1. The van der Waals surface area contributed by atoms with Gasteiger partial charge in [-0.1, -0.05) is 0 Å². The van der Waals surface area contributed by atoms with Gasteiger partial charge in [-0.2, -0.15) is 0 Å². The van der Waals surface area contributed by atoms with E-state index in [4.69, 9.17) is 5.11 Å². The second-order valence-electron chi connectivity index (χ2n) is 4.19. The van der Waals surface area contributed by atoms with Gasteiger partial charge in [0.15, 0.2) is 0 Å². The van der Waals surface area contributed by atoms with Gasteiger partial charge in [0.25, 0.3) is 0 Å². The highest BCUT2D eigenvalue weighted by molar-refractivity contribution is 5.73. The summed E-state index contributed by atoms with van der Waals surface area (Å²) < 4.78 is 0. The number of carboxylic acid groups (broad SMARTS) is 1. The Kier molecular flexibility index (Phi) is 4.54. The van der Waals surface area contributed by atoms with Crippen molar-refractivity contribution in [1.29, 1.82) is 0 Å². The molecule has 0 aromatic heterocycles. The molecule has 2 amide bonds. The monoisotopic (exact) mass is 229 g/mol. The third kappa shape index (κ3) is 3.69. The van der Waals surface area contributed by atoms with Gasteiger partial charge in [-0.15, -0.1) is 0 Å². The van der Waals surface area contributed by atoms with E-state index in [-0.39, 0.29) is 12.6 Å². The van der Waals surface area contributed by atoms with Crippen molar-refractivity contribution in [3.63, 3.8) is 0 Å². The fourth-order valence-electron chi connectivity index (χ4n) is 1.79. The van der Waals surface area contributed by atoms with Gasteiger partial charge in [0.05, 0.1) is 6.54 Å². The zero-order chi connectivity index (χ0) is 12.1. The normalized spacial score (nSPS) is 18.0. The summed E-state index contributed by atoms with van der Waals surface area (Å²) in [5.74, 6) is -0.813. The van der Waals surface area contributed by atoms with Crippen LogP contribution in [0.2, 0.25) is 0 Å². The highest BCUT2D eigenvalue weighted by atomic mass is 16.4. The minimum absolute atomic E-state index is 0.00262. The summed E-state index contributed by atoms with van der Waals surface area (Å²) in [6.45, 7) is 2.73. The zero-order valence-corrected chi connectivity index (χ0v) is 9.85. The van der Waals surface area contributed by atoms with Crippen molar-refractivity contribution in [1.82, 2.24) is 14.7 Å². The number of amides is 2. The predicted molar refractivity (Wildman–Crippen MR) is 59.3 cm³/mol. The van der Waals surface area contributed by atoms with Gasteiger partial charge in [-0.05, 0) is 6.42 Å². The van der Waals surface area contributed by atoms with Crippen LogP contribution in [-0.2, 0) is 4.79 Å². The number of urea groups is 1. The van der Waals surface area contributed by atoms with Crippen LogP contribution >= 0.6 is 0 Å². The van der Waals surface area contributed by atoms with Crippen molar-refractivity contribution in [2.24, 2.45) is 0 Å². The molecule has 16 heavy (non-hydrogen) atoms. The molecular formula is C10H19N3O3. The number of rotatable bonds is 2. The molecular weight excluding hydrogens is 210 g/mol. The van der Waals surface area contributed by atoms with Gasteiger partial charge >= 0.3 is 12.0 Å². The van der Waals surface area contributed by atoms with Gasteiger partial charge < -0.3 is 14.9 Å². The molecule has 0 bridgehead atoms. The number of carbonyl (C=O) groups excluding carboxylic acids is 1. The van der Waals surface area contributed by atoms with Crippen molar-refractivity contribution in [2.75, 3.05) is 46.8 Å². The Bertz CT molecular complexity index is 268. The third-order valence-corrected chi connectivity index (χ3v) is 2.60. The van der Waals surface area contributed by atoms with Gasteiger partial charge in [0.2, 0.25) is 0 Å². The fourth-order valence-corrected chi connectivity index (χ4v) is 1.79. The first-order valence-corrected chi connectivity index (χ1v) is 5.41. The lowest BCUT2D eigenvalue weighted by molar-refractivity contribution is -0.138. The second kappa shape index (κ2) is 5.69. The maximum absolute atomic E-state index is 11.7. The SMILES string of the molecule is CN(C)C(=O)N1CCCN(CC(=O)O)CC1. The molecule has 1 aliphatic rings. The van der Waals surface area contributed by atoms with Crippen molar-refractivity contribution < 1.29 is 14.7 Å². The van der Waals surface area contributed by atoms with Gasteiger partial charge in [0.1, 0.15) is 0 Å². The van der Waals surface area contributed by atoms with Gasteiger partial charge in [0, 0.05) is 40.3 Å².